The van der Waals surface area contributed by atoms with E-state index in [2.05, 4.69) is 50.8 Å². The molecule has 1 spiro atoms. The molecule has 0 saturated carbocycles. The lowest BCUT2D eigenvalue weighted by Crippen LogP contribution is -2.46. The molecule has 27 heavy (non-hydrogen) atoms. The van der Waals surface area contributed by atoms with Crippen molar-refractivity contribution in [1.29, 1.82) is 0 Å². The average molecular weight is 371 g/mol. The van der Waals surface area contributed by atoms with Crippen LogP contribution in [0, 0.1) is 5.41 Å². The Morgan fingerprint density at radius 1 is 1.04 bits per heavy atom. The third kappa shape index (κ3) is 4.46. The van der Waals surface area contributed by atoms with Crippen LogP contribution in [0.2, 0.25) is 0 Å². The minimum atomic E-state index is 0.128. The molecule has 0 aromatic heterocycles. The van der Waals surface area contributed by atoms with E-state index in [1.54, 1.807) is 0 Å². The van der Waals surface area contributed by atoms with E-state index >= 15 is 0 Å². The van der Waals surface area contributed by atoms with Crippen LogP contribution in [0.1, 0.15) is 50.1 Å². The Balaban J connectivity index is 1.36. The third-order valence-corrected chi connectivity index (χ3v) is 6.85. The fourth-order valence-electron chi connectivity index (χ4n) is 5.13. The molecule has 5 heteroatoms. The van der Waals surface area contributed by atoms with Gasteiger partial charge in [0.05, 0.1) is 6.04 Å². The lowest BCUT2D eigenvalue weighted by Gasteiger charge is -2.36. The van der Waals surface area contributed by atoms with Crippen LogP contribution in [0.4, 0.5) is 4.79 Å². The van der Waals surface area contributed by atoms with Gasteiger partial charge in [-0.3, -0.25) is 4.90 Å². The van der Waals surface area contributed by atoms with Crippen molar-refractivity contribution in [2.24, 2.45) is 5.41 Å². The Bertz CT molecular complexity index is 608. The molecule has 3 saturated heterocycles. The monoisotopic (exact) mass is 370 g/mol. The maximum Gasteiger partial charge on any atom is 0.317 e. The highest BCUT2D eigenvalue weighted by atomic mass is 16.2. The highest BCUT2D eigenvalue weighted by Gasteiger charge is 2.40. The fourth-order valence-corrected chi connectivity index (χ4v) is 5.13. The summed E-state index contributed by atoms with van der Waals surface area (Å²) in [5.74, 6) is 0. The minimum absolute atomic E-state index is 0.128. The van der Waals surface area contributed by atoms with Gasteiger partial charge in [0.25, 0.3) is 0 Å². The Labute approximate surface area is 163 Å². The zero-order chi connectivity index (χ0) is 18.5. The van der Waals surface area contributed by atoms with E-state index in [0.717, 1.165) is 45.7 Å². The number of hydrogen-bond donors (Lipinski definition) is 2. The van der Waals surface area contributed by atoms with Gasteiger partial charge in [-0.2, -0.15) is 0 Å². The molecule has 1 atom stereocenters. The summed E-state index contributed by atoms with van der Waals surface area (Å²) in [4.78, 5) is 17.5. The molecule has 5 nitrogen and oxygen atoms in total. The molecule has 3 fully saturated rings. The third-order valence-electron chi connectivity index (χ3n) is 6.85. The highest BCUT2D eigenvalue weighted by Crippen LogP contribution is 2.38. The summed E-state index contributed by atoms with van der Waals surface area (Å²) in [6.45, 7) is 7.01. The Hall–Kier alpha value is -1.59. The van der Waals surface area contributed by atoms with Crippen LogP contribution in [0.25, 0.3) is 0 Å². The van der Waals surface area contributed by atoms with Crippen LogP contribution >= 0.6 is 0 Å². The summed E-state index contributed by atoms with van der Waals surface area (Å²) in [5.41, 5.74) is 1.69. The molecule has 0 radical (unpaired) electrons. The summed E-state index contributed by atoms with van der Waals surface area (Å²) in [5, 5.41) is 6.72. The van der Waals surface area contributed by atoms with Crippen molar-refractivity contribution in [3.63, 3.8) is 0 Å². The highest BCUT2D eigenvalue weighted by molar-refractivity contribution is 5.74. The molecule has 0 unspecified atom stereocenters. The number of piperidine rings is 2. The summed E-state index contributed by atoms with van der Waals surface area (Å²) in [6, 6.07) is 11.1. The van der Waals surface area contributed by atoms with Crippen molar-refractivity contribution in [1.82, 2.24) is 20.4 Å². The Morgan fingerprint density at radius 3 is 2.52 bits per heavy atom. The zero-order valence-corrected chi connectivity index (χ0v) is 16.5. The second kappa shape index (κ2) is 8.61. The van der Waals surface area contributed by atoms with Crippen LogP contribution in [-0.4, -0.2) is 61.6 Å². The molecule has 2 amide bonds. The molecule has 4 rings (SSSR count). The van der Waals surface area contributed by atoms with Gasteiger partial charge in [0, 0.05) is 19.6 Å². The summed E-state index contributed by atoms with van der Waals surface area (Å²) in [7, 11) is 0. The van der Waals surface area contributed by atoms with Gasteiger partial charge in [-0.25, -0.2) is 4.79 Å². The van der Waals surface area contributed by atoms with Gasteiger partial charge in [-0.15, -0.1) is 0 Å². The van der Waals surface area contributed by atoms with E-state index in [0.29, 0.717) is 12.0 Å². The van der Waals surface area contributed by atoms with Gasteiger partial charge in [0.1, 0.15) is 0 Å². The van der Waals surface area contributed by atoms with E-state index in [4.69, 9.17) is 0 Å². The normalized spacial score (nSPS) is 24.1. The Morgan fingerprint density at radius 2 is 1.78 bits per heavy atom. The van der Waals surface area contributed by atoms with Gasteiger partial charge >= 0.3 is 6.03 Å². The maximum absolute atomic E-state index is 12.9. The van der Waals surface area contributed by atoms with Crippen molar-refractivity contribution < 1.29 is 4.79 Å². The number of hydrogen-bond acceptors (Lipinski definition) is 3. The molecule has 2 N–H and O–H groups in total. The summed E-state index contributed by atoms with van der Waals surface area (Å²) < 4.78 is 0. The number of nitrogens with one attached hydrogen (secondary N) is 2. The first-order valence-electron chi connectivity index (χ1n) is 10.8. The van der Waals surface area contributed by atoms with Crippen LogP contribution in [0.3, 0.4) is 0 Å². The first-order chi connectivity index (χ1) is 13.3. The molecule has 1 aromatic carbocycles. The summed E-state index contributed by atoms with van der Waals surface area (Å²) in [6.07, 6.45) is 7.43. The van der Waals surface area contributed by atoms with Crippen molar-refractivity contribution in [3.8, 4) is 0 Å². The molecule has 3 aliphatic heterocycles. The lowest BCUT2D eigenvalue weighted by atomic mass is 9.78. The number of likely N-dealkylation sites (tertiary alicyclic amines) is 2. The van der Waals surface area contributed by atoms with Crippen LogP contribution in [0.15, 0.2) is 30.3 Å². The van der Waals surface area contributed by atoms with E-state index in [9.17, 15) is 4.79 Å². The SMILES string of the molecule is O=C(NC[C@H](c1ccccc1)N1CCCCC1)N1CCC2(CCNCC2)C1. The molecular formula is C22H34N4O. The number of carbonyl (C=O) groups excluding carboxylic acids is 1. The molecule has 0 aliphatic carbocycles. The topological polar surface area (TPSA) is 47.6 Å². The number of benzene rings is 1. The quantitative estimate of drug-likeness (QED) is 0.857. The second-order valence-corrected chi connectivity index (χ2v) is 8.63. The Kier molecular flexibility index (Phi) is 5.98. The smallest absolute Gasteiger partial charge is 0.317 e. The average Bonchev–Trinajstić information content (AvgIpc) is 3.13. The van der Waals surface area contributed by atoms with Crippen LogP contribution in [-0.2, 0) is 0 Å². The largest absolute Gasteiger partial charge is 0.336 e. The van der Waals surface area contributed by atoms with Crippen LogP contribution < -0.4 is 10.6 Å². The van der Waals surface area contributed by atoms with Gasteiger partial charge in [-0.1, -0.05) is 36.8 Å². The van der Waals surface area contributed by atoms with E-state index in [-0.39, 0.29) is 12.1 Å². The van der Waals surface area contributed by atoms with Gasteiger partial charge in [-0.05, 0) is 69.3 Å². The van der Waals surface area contributed by atoms with Crippen LogP contribution in [0.5, 0.6) is 0 Å². The predicted octanol–water partition coefficient (Wildman–Crippen LogP) is 3.00. The molecular weight excluding hydrogens is 336 g/mol. The van der Waals surface area contributed by atoms with Gasteiger partial charge in [0.2, 0.25) is 0 Å². The van der Waals surface area contributed by atoms with Crippen molar-refractivity contribution in [3.05, 3.63) is 35.9 Å². The number of amides is 2. The van der Waals surface area contributed by atoms with E-state index in [1.165, 1.54) is 37.7 Å². The molecule has 1 aromatic rings. The minimum Gasteiger partial charge on any atom is -0.336 e. The molecule has 148 valence electrons. The second-order valence-electron chi connectivity index (χ2n) is 8.63. The number of rotatable bonds is 4. The fraction of sp³-hybridized carbons (Fsp3) is 0.682. The van der Waals surface area contributed by atoms with Crippen molar-refractivity contribution in [2.75, 3.05) is 45.8 Å². The molecule has 3 heterocycles. The zero-order valence-electron chi connectivity index (χ0n) is 16.5. The van der Waals surface area contributed by atoms with Gasteiger partial charge < -0.3 is 15.5 Å². The van der Waals surface area contributed by atoms with Gasteiger partial charge in [0.15, 0.2) is 0 Å². The number of nitrogens with zero attached hydrogens (tertiary/aromatic N) is 2. The standard InChI is InChI=1S/C22H34N4O/c27-21(26-16-11-22(18-26)9-12-23-13-10-22)24-17-20(19-7-3-1-4-8-19)25-14-5-2-6-15-25/h1,3-4,7-8,20,23H,2,5-6,9-18H2,(H,24,27)/t20-/m1/s1. The predicted molar refractivity (Wildman–Crippen MR) is 109 cm³/mol. The van der Waals surface area contributed by atoms with Crippen molar-refractivity contribution in [2.45, 2.75) is 44.6 Å². The molecule has 3 aliphatic rings. The molecule has 0 bridgehead atoms. The number of carbonyl (C=O) groups is 1. The first kappa shape index (κ1) is 18.8. The summed E-state index contributed by atoms with van der Waals surface area (Å²) >= 11 is 0. The number of urea groups is 1. The van der Waals surface area contributed by atoms with E-state index < -0.39 is 0 Å². The van der Waals surface area contributed by atoms with Crippen molar-refractivity contribution >= 4 is 6.03 Å². The maximum atomic E-state index is 12.9. The first-order valence-corrected chi connectivity index (χ1v) is 10.8. The lowest BCUT2D eigenvalue weighted by molar-refractivity contribution is 0.153. The van der Waals surface area contributed by atoms with E-state index in [1.807, 2.05) is 0 Å².